The molecule has 0 unspecified atom stereocenters. The van der Waals surface area contributed by atoms with Crippen LogP contribution in [0.1, 0.15) is 120 Å². The number of aromatic amines is 1. The molecule has 1 N–H and O–H groups in total. The number of halogens is 1. The van der Waals surface area contributed by atoms with Crippen LogP contribution in [0, 0.1) is 39.5 Å². The van der Waals surface area contributed by atoms with Crippen LogP contribution in [-0.2, 0) is 47.9 Å². The van der Waals surface area contributed by atoms with Gasteiger partial charge < -0.3 is 18.9 Å². The molecule has 0 saturated carbocycles. The Balaban J connectivity index is 0.000000193. The Bertz CT molecular complexity index is 2170. The highest BCUT2D eigenvalue weighted by molar-refractivity contribution is 9.09. The van der Waals surface area contributed by atoms with Gasteiger partial charge in [-0.15, -0.1) is 0 Å². The third-order valence-electron chi connectivity index (χ3n) is 14.0. The number of nitrogens with one attached hydrogen (secondary N) is 1. The van der Waals surface area contributed by atoms with E-state index in [0.717, 1.165) is 113 Å². The topological polar surface area (TPSA) is 124 Å². The number of methoxy groups -OCH3 is 2. The lowest BCUT2D eigenvalue weighted by atomic mass is 10.0. The smallest absolute Gasteiger partial charge is 0.330 e. The van der Waals surface area contributed by atoms with Crippen LogP contribution in [0.4, 0.5) is 0 Å². The second-order valence-corrected chi connectivity index (χ2v) is 19.1. The fourth-order valence-corrected chi connectivity index (χ4v) is 10.5. The summed E-state index contributed by atoms with van der Waals surface area (Å²) >= 11 is 3.46. The molecule has 2 aromatic carbocycles. The summed E-state index contributed by atoms with van der Waals surface area (Å²) in [5, 5.41) is 13.4. The van der Waals surface area contributed by atoms with Gasteiger partial charge in [0.25, 0.3) is 0 Å². The third-order valence-corrected chi connectivity index (χ3v) is 15.0. The van der Waals surface area contributed by atoms with Gasteiger partial charge >= 0.3 is 11.9 Å². The van der Waals surface area contributed by atoms with E-state index in [9.17, 15) is 9.59 Å². The van der Waals surface area contributed by atoms with Crippen molar-refractivity contribution in [1.29, 1.82) is 0 Å². The van der Waals surface area contributed by atoms with Crippen LogP contribution in [0.5, 0.6) is 0 Å². The summed E-state index contributed by atoms with van der Waals surface area (Å²) in [6.45, 7) is 17.7. The van der Waals surface area contributed by atoms with Crippen LogP contribution in [0.25, 0.3) is 12.2 Å². The van der Waals surface area contributed by atoms with Gasteiger partial charge in [-0.3, -0.25) is 19.6 Å². The number of ether oxygens (including phenoxy) is 4. The number of benzene rings is 2. The Labute approximate surface area is 408 Å². The van der Waals surface area contributed by atoms with Crippen LogP contribution >= 0.6 is 15.9 Å². The molecule has 364 valence electrons. The van der Waals surface area contributed by atoms with E-state index < -0.39 is 0 Å². The number of alkyl halides is 1. The monoisotopic (exact) mass is 982 g/mol. The number of likely N-dealkylation sites (tertiary alicyclic amines) is 2. The molecule has 4 saturated heterocycles. The number of rotatable bonds is 15. The van der Waals surface area contributed by atoms with Gasteiger partial charge in [0, 0.05) is 87.0 Å². The summed E-state index contributed by atoms with van der Waals surface area (Å²) in [4.78, 5) is 27.7. The van der Waals surface area contributed by atoms with Crippen molar-refractivity contribution in [3.63, 3.8) is 0 Å². The molecule has 2 atom stereocenters. The minimum atomic E-state index is -0.333. The highest BCUT2D eigenvalue weighted by Gasteiger charge is 2.28. The minimum absolute atomic E-state index is 0.331. The van der Waals surface area contributed by atoms with Gasteiger partial charge in [-0.05, 0) is 162 Å². The number of carbonyl (C=O) groups is 2. The molecule has 4 aromatic rings. The maximum atomic E-state index is 11.3. The number of aromatic nitrogens is 4. The first-order valence-corrected chi connectivity index (χ1v) is 25.6. The summed E-state index contributed by atoms with van der Waals surface area (Å²) in [6.07, 6.45) is 18.2. The normalized spacial score (nSPS) is 19.6. The largest absolute Gasteiger partial charge is 0.466 e. The Morgan fingerprint density at radius 3 is 1.60 bits per heavy atom. The van der Waals surface area contributed by atoms with Crippen molar-refractivity contribution in [2.75, 3.05) is 72.2 Å². The second kappa shape index (κ2) is 27.0. The van der Waals surface area contributed by atoms with Crippen molar-refractivity contribution in [3.05, 3.63) is 117 Å². The van der Waals surface area contributed by atoms with Gasteiger partial charge in [-0.2, -0.15) is 10.2 Å². The lowest BCUT2D eigenvalue weighted by Crippen LogP contribution is -2.26. The molecule has 67 heavy (non-hydrogen) atoms. The van der Waals surface area contributed by atoms with E-state index in [1.54, 1.807) is 12.2 Å². The number of esters is 2. The predicted molar refractivity (Wildman–Crippen MR) is 270 cm³/mol. The van der Waals surface area contributed by atoms with Crippen molar-refractivity contribution < 1.29 is 28.5 Å². The summed E-state index contributed by atoms with van der Waals surface area (Å²) in [5.74, 6) is 0.894. The van der Waals surface area contributed by atoms with Crippen LogP contribution in [0.3, 0.4) is 0 Å². The first kappa shape index (κ1) is 52.0. The van der Waals surface area contributed by atoms with Gasteiger partial charge in [0.15, 0.2) is 0 Å². The van der Waals surface area contributed by atoms with Crippen LogP contribution in [0.2, 0.25) is 0 Å². The van der Waals surface area contributed by atoms with E-state index in [4.69, 9.17) is 14.6 Å². The number of H-pyrrole nitrogens is 1. The SMILES string of the molecule is BrCC1CCOCC1.COC(=O)/C=C/c1ccc([C@@H]2CCCN2CCc2c(C)n[nH]c2C)cc1.COC(=O)/C=C/c1ccc([C@@H]2CCCN2CCc2c(C)nn(CC3CCOCC3)c2C)cc1. The summed E-state index contributed by atoms with van der Waals surface area (Å²) in [6, 6.07) is 18.0. The van der Waals surface area contributed by atoms with Crippen LogP contribution in [-0.4, -0.2) is 114 Å². The fraction of sp³-hybridized carbons (Fsp3) is 0.556. The Kier molecular flexibility index (Phi) is 20.9. The quantitative estimate of drug-likeness (QED) is 0.0700. The molecule has 0 bridgehead atoms. The average Bonchev–Trinajstić information content (AvgIpc) is 4.17. The number of nitrogens with zero attached hydrogens (tertiary/aromatic N) is 5. The van der Waals surface area contributed by atoms with Crippen molar-refractivity contribution in [2.45, 2.75) is 111 Å². The van der Waals surface area contributed by atoms with E-state index in [1.165, 1.54) is 104 Å². The van der Waals surface area contributed by atoms with Crippen molar-refractivity contribution in [2.24, 2.45) is 11.8 Å². The van der Waals surface area contributed by atoms with Crippen molar-refractivity contribution >= 4 is 40.0 Å². The van der Waals surface area contributed by atoms with Gasteiger partial charge in [-0.25, -0.2) is 9.59 Å². The van der Waals surface area contributed by atoms with Gasteiger partial charge in [-0.1, -0.05) is 64.5 Å². The number of hydrogen-bond donors (Lipinski definition) is 1. The van der Waals surface area contributed by atoms with E-state index in [0.29, 0.717) is 18.0 Å². The maximum absolute atomic E-state index is 11.3. The second-order valence-electron chi connectivity index (χ2n) is 18.4. The molecule has 2 aromatic heterocycles. The zero-order valence-corrected chi connectivity index (χ0v) is 42.5. The first-order valence-electron chi connectivity index (χ1n) is 24.5. The van der Waals surface area contributed by atoms with Gasteiger partial charge in [0.05, 0.1) is 25.6 Å². The Hall–Kier alpha value is -4.40. The van der Waals surface area contributed by atoms with Crippen LogP contribution in [0.15, 0.2) is 60.7 Å². The summed E-state index contributed by atoms with van der Waals surface area (Å²) in [5.41, 5.74) is 12.3. The molecule has 0 radical (unpaired) electrons. The lowest BCUT2D eigenvalue weighted by molar-refractivity contribution is -0.135. The molecular formula is C54H75BrN6O6. The third kappa shape index (κ3) is 15.6. The number of aryl methyl sites for hydroxylation is 3. The molecule has 0 spiro atoms. The molecule has 13 heteroatoms. The van der Waals surface area contributed by atoms with Gasteiger partial charge in [0.2, 0.25) is 0 Å². The number of hydrogen-bond acceptors (Lipinski definition) is 10. The molecule has 4 aliphatic rings. The molecule has 4 aliphatic heterocycles. The summed E-state index contributed by atoms with van der Waals surface area (Å²) < 4.78 is 22.2. The molecule has 8 rings (SSSR count). The van der Waals surface area contributed by atoms with E-state index in [-0.39, 0.29) is 11.9 Å². The highest BCUT2D eigenvalue weighted by Crippen LogP contribution is 2.34. The minimum Gasteiger partial charge on any atom is -0.466 e. The van der Waals surface area contributed by atoms with E-state index >= 15 is 0 Å². The maximum Gasteiger partial charge on any atom is 0.330 e. The zero-order chi connectivity index (χ0) is 47.5. The summed E-state index contributed by atoms with van der Waals surface area (Å²) in [7, 11) is 2.78. The molecule has 12 nitrogen and oxygen atoms in total. The molecule has 4 fully saturated rings. The Morgan fingerprint density at radius 1 is 0.687 bits per heavy atom. The standard InChI is InChI=1S/C27H37N3O3.C21H27N3O2.C6H11BrO/c1-20-25(21(2)30(28-20)19-23-13-17-33-18-14-23)12-16-29-15-4-5-26(29)24-9-6-22(7-10-24)8-11-27(31)32-3;1-15-19(16(2)23-22-15)12-14-24-13-4-5-20(24)18-9-6-17(7-10-18)8-11-21(25)26-3;7-5-6-1-3-8-4-2-6/h6-11,23,26H,4-5,12-19H2,1-3H3;6-11,20H,4-5,12-14H2,1-3H3,(H,22,23);6H,1-5H2/b2*11-8+;/t26-;20-;/m00./s1. The zero-order valence-electron chi connectivity index (χ0n) is 40.9. The number of carbonyl (C=O) groups excluding carboxylic acids is 2. The highest BCUT2D eigenvalue weighted by atomic mass is 79.9. The molecule has 6 heterocycles. The molecule has 0 aliphatic carbocycles. The van der Waals surface area contributed by atoms with E-state index in [1.807, 2.05) is 0 Å². The molecular weight excluding hydrogens is 909 g/mol. The predicted octanol–water partition coefficient (Wildman–Crippen LogP) is 9.89. The van der Waals surface area contributed by atoms with Crippen LogP contribution < -0.4 is 0 Å². The fourth-order valence-electron chi connectivity index (χ4n) is 9.87. The first-order chi connectivity index (χ1) is 32.6. The van der Waals surface area contributed by atoms with Crippen molar-refractivity contribution in [1.82, 2.24) is 29.8 Å². The Morgan fingerprint density at radius 2 is 1.16 bits per heavy atom. The molecule has 0 amide bonds. The van der Waals surface area contributed by atoms with Crippen molar-refractivity contribution in [3.8, 4) is 0 Å². The average molecular weight is 984 g/mol. The van der Waals surface area contributed by atoms with E-state index in [2.05, 4.69) is 126 Å². The lowest BCUT2D eigenvalue weighted by Gasteiger charge is -2.25. The van der Waals surface area contributed by atoms with Gasteiger partial charge in [0.1, 0.15) is 0 Å².